The Balaban J connectivity index is 2.48. The summed E-state index contributed by atoms with van der Waals surface area (Å²) in [4.78, 5) is 13.0. The predicted octanol–water partition coefficient (Wildman–Crippen LogP) is 1.91. The van der Waals surface area contributed by atoms with Crippen LogP contribution in [0.3, 0.4) is 0 Å². The van der Waals surface area contributed by atoms with Crippen molar-refractivity contribution in [1.82, 2.24) is 4.98 Å². The van der Waals surface area contributed by atoms with Gasteiger partial charge >= 0.3 is 5.97 Å². The zero-order valence-electron chi connectivity index (χ0n) is 6.30. The third kappa shape index (κ3) is 1.21. The van der Waals surface area contributed by atoms with Crippen molar-refractivity contribution < 1.29 is 18.7 Å². The highest BCUT2D eigenvalue weighted by molar-refractivity contribution is 7.99. The summed E-state index contributed by atoms with van der Waals surface area (Å²) >= 11 is 0.968. The number of carboxylic acid groups (broad SMARTS) is 1. The van der Waals surface area contributed by atoms with Crippen LogP contribution < -0.4 is 0 Å². The van der Waals surface area contributed by atoms with E-state index >= 15 is 0 Å². The number of rotatable bonds is 1. The highest BCUT2D eigenvalue weighted by Gasteiger charge is 2.42. The van der Waals surface area contributed by atoms with E-state index < -0.39 is 11.9 Å². The molecule has 0 atom stereocenters. The van der Waals surface area contributed by atoms with E-state index in [4.69, 9.17) is 5.11 Å². The highest BCUT2D eigenvalue weighted by Crippen LogP contribution is 2.45. The SMILES string of the molecule is O=C(O)c1cc2c([nH]1)C(F)(F)CS2. The zero-order valence-corrected chi connectivity index (χ0v) is 7.12. The third-order valence-corrected chi connectivity index (χ3v) is 2.93. The molecule has 0 unspecified atom stereocenters. The summed E-state index contributed by atoms with van der Waals surface area (Å²) < 4.78 is 25.9. The number of carbonyl (C=O) groups is 1. The minimum absolute atomic E-state index is 0.183. The second kappa shape index (κ2) is 2.47. The zero-order chi connectivity index (χ0) is 9.64. The van der Waals surface area contributed by atoms with Crippen molar-refractivity contribution in [3.63, 3.8) is 0 Å². The lowest BCUT2D eigenvalue weighted by molar-refractivity contribution is 0.0201. The lowest BCUT2D eigenvalue weighted by Gasteiger charge is -2.05. The van der Waals surface area contributed by atoms with Crippen molar-refractivity contribution in [3.05, 3.63) is 17.5 Å². The Hall–Kier alpha value is -1.04. The van der Waals surface area contributed by atoms with Gasteiger partial charge in [-0.2, -0.15) is 8.78 Å². The molecule has 13 heavy (non-hydrogen) atoms. The number of aromatic nitrogens is 1. The van der Waals surface area contributed by atoms with E-state index in [1.807, 2.05) is 0 Å². The fraction of sp³-hybridized carbons (Fsp3) is 0.286. The van der Waals surface area contributed by atoms with Gasteiger partial charge in [0.25, 0.3) is 5.92 Å². The van der Waals surface area contributed by atoms with Crippen LogP contribution in [0.1, 0.15) is 16.2 Å². The summed E-state index contributed by atoms with van der Waals surface area (Å²) in [6.07, 6.45) is 0. The summed E-state index contributed by atoms with van der Waals surface area (Å²) in [6, 6.07) is 1.24. The molecule has 0 bridgehead atoms. The van der Waals surface area contributed by atoms with E-state index in [2.05, 4.69) is 4.98 Å². The molecule has 1 aliphatic rings. The number of H-pyrrole nitrogens is 1. The van der Waals surface area contributed by atoms with Crippen LogP contribution in [0.4, 0.5) is 8.78 Å². The number of hydrogen-bond donors (Lipinski definition) is 2. The molecular formula is C7H5F2NO2S. The number of carboxylic acids is 1. The molecule has 0 aromatic carbocycles. The van der Waals surface area contributed by atoms with E-state index in [9.17, 15) is 13.6 Å². The molecule has 1 aromatic heterocycles. The van der Waals surface area contributed by atoms with Gasteiger partial charge in [0.05, 0.1) is 5.75 Å². The summed E-state index contributed by atoms with van der Waals surface area (Å²) in [7, 11) is 0. The van der Waals surface area contributed by atoms with Crippen LogP contribution in [0.25, 0.3) is 0 Å². The van der Waals surface area contributed by atoms with Crippen molar-refractivity contribution in [2.24, 2.45) is 0 Å². The van der Waals surface area contributed by atoms with Crippen molar-refractivity contribution in [1.29, 1.82) is 0 Å². The summed E-state index contributed by atoms with van der Waals surface area (Å²) in [6.45, 7) is 0. The summed E-state index contributed by atoms with van der Waals surface area (Å²) in [5.74, 6) is -4.45. The smallest absolute Gasteiger partial charge is 0.352 e. The van der Waals surface area contributed by atoms with Crippen LogP contribution in [0, 0.1) is 0 Å². The summed E-state index contributed by atoms with van der Waals surface area (Å²) in [5, 5.41) is 8.53. The molecule has 3 nitrogen and oxygen atoms in total. The number of alkyl halides is 2. The maximum absolute atomic E-state index is 13.0. The molecule has 70 valence electrons. The highest BCUT2D eigenvalue weighted by atomic mass is 32.2. The van der Waals surface area contributed by atoms with Gasteiger partial charge < -0.3 is 10.1 Å². The van der Waals surface area contributed by atoms with E-state index in [0.29, 0.717) is 4.90 Å². The number of aromatic carboxylic acids is 1. The first-order valence-electron chi connectivity index (χ1n) is 3.48. The first-order chi connectivity index (χ1) is 6.00. The number of aromatic amines is 1. The van der Waals surface area contributed by atoms with Crippen LogP contribution >= 0.6 is 11.8 Å². The molecule has 6 heteroatoms. The van der Waals surface area contributed by atoms with Crippen molar-refractivity contribution >= 4 is 17.7 Å². The van der Waals surface area contributed by atoms with Crippen LogP contribution in [-0.4, -0.2) is 21.8 Å². The quantitative estimate of drug-likeness (QED) is 0.736. The molecule has 2 rings (SSSR count). The molecule has 0 radical (unpaired) electrons. The molecule has 2 N–H and O–H groups in total. The largest absolute Gasteiger partial charge is 0.477 e. The average molecular weight is 205 g/mol. The molecule has 0 aliphatic carbocycles. The molecule has 0 amide bonds. The molecular weight excluding hydrogens is 200 g/mol. The van der Waals surface area contributed by atoms with Gasteiger partial charge in [0.1, 0.15) is 11.4 Å². The molecule has 0 saturated heterocycles. The predicted molar refractivity (Wildman–Crippen MR) is 42.4 cm³/mol. The monoisotopic (exact) mass is 205 g/mol. The average Bonchev–Trinajstić information content (AvgIpc) is 2.53. The van der Waals surface area contributed by atoms with Gasteiger partial charge in [0, 0.05) is 4.90 Å². The minimum Gasteiger partial charge on any atom is -0.477 e. The van der Waals surface area contributed by atoms with Crippen LogP contribution in [-0.2, 0) is 5.92 Å². The van der Waals surface area contributed by atoms with Gasteiger partial charge in [0.15, 0.2) is 0 Å². The lowest BCUT2D eigenvalue weighted by atomic mass is 10.3. The first kappa shape index (κ1) is 8.55. The molecule has 2 heterocycles. The van der Waals surface area contributed by atoms with E-state index in [0.717, 1.165) is 11.8 Å². The molecule has 1 aromatic rings. The Labute approximate surface area is 76.1 Å². The molecule has 1 aliphatic heterocycles. The fourth-order valence-electron chi connectivity index (χ4n) is 1.18. The standard InChI is InChI=1S/C7H5F2NO2S/c8-7(9)2-13-4-1-3(6(11)12)10-5(4)7/h1,10H,2H2,(H,11,12). The van der Waals surface area contributed by atoms with Gasteiger partial charge in [0.2, 0.25) is 0 Å². The minimum atomic E-state index is -2.92. The van der Waals surface area contributed by atoms with Crippen molar-refractivity contribution in [2.45, 2.75) is 10.8 Å². The van der Waals surface area contributed by atoms with Gasteiger partial charge in [-0.1, -0.05) is 0 Å². The fourth-order valence-corrected chi connectivity index (χ4v) is 2.20. The van der Waals surface area contributed by atoms with Crippen molar-refractivity contribution in [3.8, 4) is 0 Å². The van der Waals surface area contributed by atoms with Gasteiger partial charge in [-0.05, 0) is 6.07 Å². The van der Waals surface area contributed by atoms with Gasteiger partial charge in [-0.15, -0.1) is 11.8 Å². The van der Waals surface area contributed by atoms with E-state index in [1.54, 1.807) is 0 Å². The van der Waals surface area contributed by atoms with Crippen molar-refractivity contribution in [2.75, 3.05) is 5.75 Å². The Morgan fingerprint density at radius 1 is 1.69 bits per heavy atom. The number of nitrogens with one attached hydrogen (secondary N) is 1. The van der Waals surface area contributed by atoms with Crippen LogP contribution in [0.5, 0.6) is 0 Å². The van der Waals surface area contributed by atoms with E-state index in [1.165, 1.54) is 6.07 Å². The Morgan fingerprint density at radius 2 is 2.38 bits per heavy atom. The Bertz CT molecular complexity index is 375. The number of hydrogen-bond acceptors (Lipinski definition) is 2. The number of thioether (sulfide) groups is 1. The van der Waals surface area contributed by atoms with Gasteiger partial charge in [-0.3, -0.25) is 0 Å². The Morgan fingerprint density at radius 3 is 2.92 bits per heavy atom. The number of fused-ring (bicyclic) bond motifs is 1. The van der Waals surface area contributed by atoms with Crippen LogP contribution in [0.2, 0.25) is 0 Å². The Kier molecular flexibility index (Phi) is 1.63. The maximum atomic E-state index is 13.0. The second-order valence-corrected chi connectivity index (χ2v) is 3.74. The summed E-state index contributed by atoms with van der Waals surface area (Å²) in [5.41, 5.74) is -0.452. The molecule has 0 spiro atoms. The molecule has 0 saturated carbocycles. The van der Waals surface area contributed by atoms with Crippen LogP contribution in [0.15, 0.2) is 11.0 Å². The topological polar surface area (TPSA) is 53.1 Å². The van der Waals surface area contributed by atoms with Gasteiger partial charge in [-0.25, -0.2) is 4.79 Å². The second-order valence-electron chi connectivity index (χ2n) is 2.72. The normalized spacial score (nSPS) is 18.6. The maximum Gasteiger partial charge on any atom is 0.352 e. The van der Waals surface area contributed by atoms with E-state index in [-0.39, 0.29) is 17.1 Å². The number of halogens is 2. The molecule has 0 fully saturated rings. The lowest BCUT2D eigenvalue weighted by Crippen LogP contribution is -2.13. The first-order valence-corrected chi connectivity index (χ1v) is 4.46. The third-order valence-electron chi connectivity index (χ3n) is 1.79.